The van der Waals surface area contributed by atoms with E-state index < -0.39 is 0 Å². The third-order valence-corrected chi connectivity index (χ3v) is 11.1. The van der Waals surface area contributed by atoms with Crippen LogP contribution in [-0.4, -0.2) is 0 Å². The summed E-state index contributed by atoms with van der Waals surface area (Å²) in [7, 11) is 0. The quantitative estimate of drug-likeness (QED) is 0.171. The molecule has 2 aromatic heterocycles. The van der Waals surface area contributed by atoms with Gasteiger partial charge in [-0.3, -0.25) is 0 Å². The summed E-state index contributed by atoms with van der Waals surface area (Å²) >= 11 is 0. The molecular weight excluding hydrogens is 633 g/mol. The molecule has 0 bridgehead atoms. The number of furan rings is 2. The molecule has 0 unspecified atom stereocenters. The summed E-state index contributed by atoms with van der Waals surface area (Å²) in [5, 5.41) is 11.8. The average Bonchev–Trinajstić information content (AvgIpc) is 3.72. The van der Waals surface area contributed by atoms with E-state index in [0.717, 1.165) is 49.4 Å². The second-order valence-corrected chi connectivity index (χ2v) is 16.5. The van der Waals surface area contributed by atoms with Crippen LogP contribution in [0.3, 0.4) is 0 Å². The number of rotatable bonds is 2. The van der Waals surface area contributed by atoms with E-state index >= 15 is 0 Å². The van der Waals surface area contributed by atoms with Gasteiger partial charge in [0.1, 0.15) is 22.3 Å². The summed E-state index contributed by atoms with van der Waals surface area (Å²) in [6, 6.07) is 48.8. The molecule has 0 aliphatic heterocycles. The van der Waals surface area contributed by atoms with Crippen LogP contribution in [0.25, 0.3) is 98.4 Å². The molecule has 2 heteroatoms. The molecule has 10 aromatic rings. The Hall–Kier alpha value is -5.86. The zero-order valence-electron chi connectivity index (χ0n) is 30.5. The van der Waals surface area contributed by atoms with Crippen LogP contribution < -0.4 is 0 Å². The Morgan fingerprint density at radius 3 is 1.60 bits per heavy atom. The molecule has 2 heterocycles. The van der Waals surface area contributed by atoms with Gasteiger partial charge in [-0.25, -0.2) is 0 Å². The summed E-state index contributed by atoms with van der Waals surface area (Å²) in [4.78, 5) is 0. The molecule has 0 N–H and O–H groups in total. The molecule has 0 saturated heterocycles. The minimum atomic E-state index is -0.0323. The van der Waals surface area contributed by atoms with E-state index in [4.69, 9.17) is 8.83 Å². The van der Waals surface area contributed by atoms with Crippen LogP contribution in [0.5, 0.6) is 0 Å². The molecular formula is C50H40O2. The summed E-state index contributed by atoms with van der Waals surface area (Å²) in [5.74, 6) is 0. The molecule has 252 valence electrons. The van der Waals surface area contributed by atoms with Crippen LogP contribution in [-0.2, 0) is 10.8 Å². The predicted molar refractivity (Wildman–Crippen MR) is 222 cm³/mol. The molecule has 0 atom stereocenters. The van der Waals surface area contributed by atoms with Gasteiger partial charge in [-0.1, -0.05) is 139 Å². The molecule has 8 aromatic carbocycles. The Morgan fingerprint density at radius 2 is 0.942 bits per heavy atom. The Bertz CT molecular complexity index is 3070. The van der Waals surface area contributed by atoms with Crippen molar-refractivity contribution in [2.75, 3.05) is 0 Å². The Morgan fingerprint density at radius 1 is 0.385 bits per heavy atom. The minimum Gasteiger partial charge on any atom is -0.456 e. The first-order valence-electron chi connectivity index (χ1n) is 18.3. The van der Waals surface area contributed by atoms with E-state index in [9.17, 15) is 0 Å². The van der Waals surface area contributed by atoms with E-state index in [0.29, 0.717) is 0 Å². The van der Waals surface area contributed by atoms with Gasteiger partial charge in [-0.2, -0.15) is 0 Å². The maximum atomic E-state index is 7.04. The number of para-hydroxylation sites is 2. The fourth-order valence-electron chi connectivity index (χ4n) is 8.48. The molecule has 0 aliphatic rings. The summed E-state index contributed by atoms with van der Waals surface area (Å²) in [6.07, 6.45) is 0. The lowest BCUT2D eigenvalue weighted by Crippen LogP contribution is -2.11. The first-order chi connectivity index (χ1) is 25.1. The van der Waals surface area contributed by atoms with Crippen LogP contribution in [0.1, 0.15) is 52.7 Å². The molecule has 0 fully saturated rings. The molecule has 10 rings (SSSR count). The van der Waals surface area contributed by atoms with E-state index in [1.165, 1.54) is 60.1 Å². The van der Waals surface area contributed by atoms with E-state index in [1.54, 1.807) is 0 Å². The molecule has 0 amide bonds. The lowest BCUT2D eigenvalue weighted by molar-refractivity contribution is 0.590. The number of hydrogen-bond donors (Lipinski definition) is 0. The van der Waals surface area contributed by atoms with Crippen molar-refractivity contribution >= 4 is 76.2 Å². The first kappa shape index (κ1) is 30.9. The smallest absolute Gasteiger partial charge is 0.143 e. The largest absolute Gasteiger partial charge is 0.456 e. The maximum absolute atomic E-state index is 7.04. The van der Waals surface area contributed by atoms with E-state index in [1.807, 2.05) is 6.07 Å². The van der Waals surface area contributed by atoms with Crippen molar-refractivity contribution in [2.45, 2.75) is 52.4 Å². The Kier molecular flexibility index (Phi) is 6.44. The number of benzene rings is 8. The van der Waals surface area contributed by atoms with Gasteiger partial charge in [-0.15, -0.1) is 0 Å². The first-order valence-corrected chi connectivity index (χ1v) is 18.3. The summed E-state index contributed by atoms with van der Waals surface area (Å²) < 4.78 is 13.5. The van der Waals surface area contributed by atoms with Crippen molar-refractivity contribution in [3.8, 4) is 22.3 Å². The Balaban J connectivity index is 1.46. The van der Waals surface area contributed by atoms with Crippen molar-refractivity contribution in [3.05, 3.63) is 145 Å². The van der Waals surface area contributed by atoms with E-state index in [-0.39, 0.29) is 10.8 Å². The molecule has 2 nitrogen and oxygen atoms in total. The van der Waals surface area contributed by atoms with Crippen LogP contribution in [0.4, 0.5) is 0 Å². The molecule has 0 saturated carbocycles. The minimum absolute atomic E-state index is 0.0128. The van der Waals surface area contributed by atoms with Gasteiger partial charge >= 0.3 is 0 Å². The normalized spacial score (nSPS) is 12.8. The van der Waals surface area contributed by atoms with Gasteiger partial charge in [0, 0.05) is 38.1 Å². The highest BCUT2D eigenvalue weighted by molar-refractivity contribution is 6.34. The molecule has 52 heavy (non-hydrogen) atoms. The fourth-order valence-corrected chi connectivity index (χ4v) is 8.48. The standard InChI is InChI=1S/C50H40O2/c1-49(2,3)31-22-24-34-37(27-31)43(29-14-8-7-9-15-29)33-23-21-32(50(4,5)6)28-38(33)45(34)39-26-30-20-25-42-46(35-16-10-12-18-40(35)51-42)44(30)47-36-17-11-13-19-41(36)52-48(39)47/h7-28H,1-6H3. The SMILES string of the molecule is CC(C)(C)c1ccc2c(-c3cc4ccc5oc6ccccc6c5c4c4c3oc3ccccc34)c3cc(C(C)(C)C)ccc3c(-c3ccccc3)c2c1. The van der Waals surface area contributed by atoms with Crippen molar-refractivity contribution < 1.29 is 8.83 Å². The topological polar surface area (TPSA) is 26.3 Å². The lowest BCUT2D eigenvalue weighted by Gasteiger charge is -2.25. The van der Waals surface area contributed by atoms with Crippen molar-refractivity contribution in [1.82, 2.24) is 0 Å². The highest BCUT2D eigenvalue weighted by atomic mass is 16.3. The average molecular weight is 673 g/mol. The summed E-state index contributed by atoms with van der Waals surface area (Å²) in [5.41, 5.74) is 11.0. The fraction of sp³-hybridized carbons (Fsp3) is 0.160. The van der Waals surface area contributed by atoms with Crippen LogP contribution >= 0.6 is 0 Å². The molecule has 0 radical (unpaired) electrons. The van der Waals surface area contributed by atoms with Crippen LogP contribution in [0, 0.1) is 0 Å². The van der Waals surface area contributed by atoms with Crippen molar-refractivity contribution in [1.29, 1.82) is 0 Å². The van der Waals surface area contributed by atoms with Gasteiger partial charge in [-0.05, 0) is 96.4 Å². The monoisotopic (exact) mass is 672 g/mol. The van der Waals surface area contributed by atoms with Gasteiger partial charge in [0.05, 0.1) is 0 Å². The predicted octanol–water partition coefficient (Wildman–Crippen LogP) is 14.9. The van der Waals surface area contributed by atoms with Gasteiger partial charge < -0.3 is 8.83 Å². The van der Waals surface area contributed by atoms with Gasteiger partial charge in [0.25, 0.3) is 0 Å². The number of hydrogen-bond acceptors (Lipinski definition) is 2. The zero-order valence-corrected chi connectivity index (χ0v) is 30.5. The van der Waals surface area contributed by atoms with Gasteiger partial charge in [0.2, 0.25) is 0 Å². The number of fused-ring (bicyclic) bond motifs is 11. The highest BCUT2D eigenvalue weighted by Gasteiger charge is 2.26. The third kappa shape index (κ3) is 4.50. The second kappa shape index (κ2) is 10.8. The lowest BCUT2D eigenvalue weighted by atomic mass is 9.79. The van der Waals surface area contributed by atoms with Gasteiger partial charge in [0.15, 0.2) is 0 Å². The highest BCUT2D eigenvalue weighted by Crippen LogP contribution is 2.51. The Labute approximate surface area is 303 Å². The summed E-state index contributed by atoms with van der Waals surface area (Å²) in [6.45, 7) is 13.8. The van der Waals surface area contributed by atoms with Crippen LogP contribution in [0.15, 0.2) is 142 Å². The molecule has 0 spiro atoms. The molecule has 0 aliphatic carbocycles. The third-order valence-electron chi connectivity index (χ3n) is 11.1. The van der Waals surface area contributed by atoms with Crippen molar-refractivity contribution in [3.63, 3.8) is 0 Å². The van der Waals surface area contributed by atoms with Crippen molar-refractivity contribution in [2.24, 2.45) is 0 Å². The second-order valence-electron chi connectivity index (χ2n) is 16.5. The van der Waals surface area contributed by atoms with E-state index in [2.05, 4.69) is 169 Å². The maximum Gasteiger partial charge on any atom is 0.143 e. The zero-order chi connectivity index (χ0) is 35.5. The van der Waals surface area contributed by atoms with Crippen LogP contribution in [0.2, 0.25) is 0 Å².